The molecule has 0 amide bonds. The molecule has 0 aliphatic rings. The molecule has 1 unspecified atom stereocenters. The third-order valence-corrected chi connectivity index (χ3v) is 4.20. The first-order valence-corrected chi connectivity index (χ1v) is 8.26. The van der Waals surface area contributed by atoms with Crippen LogP contribution in [0.15, 0.2) is 48.5 Å². The lowest BCUT2D eigenvalue weighted by atomic mass is 9.96. The average molecular weight is 332 g/mol. The highest BCUT2D eigenvalue weighted by Gasteiger charge is 2.33. The van der Waals surface area contributed by atoms with Crippen molar-refractivity contribution < 1.29 is 17.4 Å². The van der Waals surface area contributed by atoms with Crippen LogP contribution in [0.1, 0.15) is 35.3 Å². The minimum atomic E-state index is -2.07. The van der Waals surface area contributed by atoms with E-state index in [1.807, 2.05) is 38.1 Å². The predicted molar refractivity (Wildman–Crippen MR) is 90.6 cm³/mol. The van der Waals surface area contributed by atoms with E-state index >= 15 is 0 Å². The zero-order valence-corrected chi connectivity index (χ0v) is 14.5. The summed E-state index contributed by atoms with van der Waals surface area (Å²) >= 11 is -2.07. The van der Waals surface area contributed by atoms with E-state index in [0.29, 0.717) is 11.3 Å². The van der Waals surface area contributed by atoms with Gasteiger partial charge in [0.1, 0.15) is 11.4 Å². The number of Topliss-reactive ketones (excluding diaryl/α,β-unsaturated/α-hetero) is 1. The third kappa shape index (κ3) is 4.74. The van der Waals surface area contributed by atoms with Gasteiger partial charge in [0.15, 0.2) is 5.78 Å². The Hall–Kier alpha value is -1.98. The van der Waals surface area contributed by atoms with Crippen LogP contribution < -0.4 is 4.18 Å². The van der Waals surface area contributed by atoms with Crippen molar-refractivity contribution in [2.45, 2.75) is 33.3 Å². The van der Waals surface area contributed by atoms with Gasteiger partial charge >= 0.3 is 11.4 Å². The first-order valence-electron chi connectivity index (χ1n) is 7.26. The molecule has 0 heterocycles. The summed E-state index contributed by atoms with van der Waals surface area (Å²) in [6.45, 7) is 7.04. The van der Waals surface area contributed by atoms with Gasteiger partial charge < -0.3 is 4.18 Å². The molecular weight excluding hydrogens is 312 g/mol. The summed E-state index contributed by atoms with van der Waals surface area (Å²) in [5.74, 6) is 0.172. The molecule has 0 fully saturated rings. The molecule has 2 aromatic rings. The topological polar surface area (TPSA) is 52.6 Å². The average Bonchev–Trinajstić information content (AvgIpc) is 2.49. The summed E-state index contributed by atoms with van der Waals surface area (Å²) in [6.07, 6.45) is 0. The van der Waals surface area contributed by atoms with Gasteiger partial charge in [-0.15, -0.1) is 0 Å². The van der Waals surface area contributed by atoms with Crippen molar-refractivity contribution in [2.24, 2.45) is 0 Å². The van der Waals surface area contributed by atoms with Gasteiger partial charge in [-0.1, -0.05) is 47.5 Å². The first kappa shape index (κ1) is 17.4. The highest BCUT2D eigenvalue weighted by molar-refractivity contribution is 7.75. The fourth-order valence-electron chi connectivity index (χ4n) is 1.95. The molecule has 0 spiro atoms. The van der Waals surface area contributed by atoms with Crippen molar-refractivity contribution in [3.8, 4) is 5.75 Å². The number of hydrogen-bond acceptors (Lipinski definition) is 4. The van der Waals surface area contributed by atoms with Crippen molar-refractivity contribution >= 4 is 17.1 Å². The molecule has 122 valence electrons. The zero-order valence-electron chi connectivity index (χ0n) is 13.7. The van der Waals surface area contributed by atoms with Gasteiger partial charge in [-0.3, -0.25) is 4.79 Å². The second-order valence-corrected chi connectivity index (χ2v) is 6.63. The molecule has 4 nitrogen and oxygen atoms in total. The van der Waals surface area contributed by atoms with Crippen LogP contribution in [0.2, 0.25) is 0 Å². The van der Waals surface area contributed by atoms with Crippen LogP contribution in [0.5, 0.6) is 5.75 Å². The number of aryl methyl sites for hydroxylation is 2. The van der Waals surface area contributed by atoms with Gasteiger partial charge in [0.2, 0.25) is 0 Å². The molecule has 23 heavy (non-hydrogen) atoms. The monoisotopic (exact) mass is 332 g/mol. The molecule has 0 aliphatic carbocycles. The number of hydrogen-bond donors (Lipinski definition) is 0. The van der Waals surface area contributed by atoms with E-state index < -0.39 is 17.0 Å². The minimum absolute atomic E-state index is 0.252. The highest BCUT2D eigenvalue weighted by Crippen LogP contribution is 2.21. The van der Waals surface area contributed by atoms with E-state index in [1.165, 1.54) is 0 Å². The van der Waals surface area contributed by atoms with Crippen molar-refractivity contribution in [3.63, 3.8) is 0 Å². The third-order valence-electron chi connectivity index (χ3n) is 3.32. The second-order valence-electron chi connectivity index (χ2n) is 5.89. The molecule has 0 radical (unpaired) electrons. The Morgan fingerprint density at radius 1 is 0.913 bits per heavy atom. The molecule has 0 N–H and O–H groups in total. The van der Waals surface area contributed by atoms with Gasteiger partial charge in [0, 0.05) is 5.56 Å². The minimum Gasteiger partial charge on any atom is -0.380 e. The maximum absolute atomic E-state index is 12.5. The van der Waals surface area contributed by atoms with Crippen molar-refractivity contribution in [1.29, 1.82) is 0 Å². The lowest BCUT2D eigenvalue weighted by Crippen LogP contribution is -2.36. The molecule has 2 rings (SSSR count). The van der Waals surface area contributed by atoms with Crippen molar-refractivity contribution in [2.75, 3.05) is 0 Å². The fourth-order valence-corrected chi connectivity index (χ4v) is 2.67. The Bertz CT molecular complexity index is 703. The molecule has 1 atom stereocenters. The van der Waals surface area contributed by atoms with Gasteiger partial charge in [-0.05, 0) is 39.8 Å². The number of benzene rings is 2. The van der Waals surface area contributed by atoms with Crippen LogP contribution in [0.4, 0.5) is 0 Å². The Kier molecular flexibility index (Phi) is 5.34. The van der Waals surface area contributed by atoms with E-state index in [0.717, 1.165) is 11.1 Å². The Labute approximate surface area is 139 Å². The quantitative estimate of drug-likeness (QED) is 0.752. The number of carbonyl (C=O) groups excluding carboxylic acids is 1. The number of rotatable bonds is 6. The summed E-state index contributed by atoms with van der Waals surface area (Å²) < 4.78 is 22.5. The number of carbonyl (C=O) groups is 1. The van der Waals surface area contributed by atoms with E-state index in [1.54, 1.807) is 38.1 Å². The van der Waals surface area contributed by atoms with E-state index in [9.17, 15) is 9.00 Å². The van der Waals surface area contributed by atoms with Crippen LogP contribution in [-0.4, -0.2) is 15.6 Å². The Morgan fingerprint density at radius 2 is 1.39 bits per heavy atom. The molecule has 0 saturated carbocycles. The number of ketones is 1. The van der Waals surface area contributed by atoms with Crippen LogP contribution in [0.3, 0.4) is 0 Å². The normalized spacial score (nSPS) is 12.7. The van der Waals surface area contributed by atoms with Crippen LogP contribution in [-0.2, 0) is 15.5 Å². The maximum atomic E-state index is 12.5. The maximum Gasteiger partial charge on any atom is 0.361 e. The van der Waals surface area contributed by atoms with Gasteiger partial charge in [0.05, 0.1) is 0 Å². The zero-order chi connectivity index (χ0) is 17.0. The molecule has 0 aromatic heterocycles. The van der Waals surface area contributed by atoms with Crippen molar-refractivity contribution in [1.82, 2.24) is 0 Å². The Morgan fingerprint density at radius 3 is 1.91 bits per heavy atom. The summed E-state index contributed by atoms with van der Waals surface area (Å²) in [7, 11) is 0. The predicted octanol–water partition coefficient (Wildman–Crippen LogP) is 3.94. The van der Waals surface area contributed by atoms with Crippen LogP contribution in [0.25, 0.3) is 0 Å². The van der Waals surface area contributed by atoms with Gasteiger partial charge in [-0.2, -0.15) is 4.21 Å². The summed E-state index contributed by atoms with van der Waals surface area (Å²) in [5.41, 5.74) is 1.38. The van der Waals surface area contributed by atoms with E-state index in [-0.39, 0.29) is 5.78 Å². The molecule has 2 aromatic carbocycles. The summed E-state index contributed by atoms with van der Waals surface area (Å²) in [6, 6.07) is 14.2. The van der Waals surface area contributed by atoms with E-state index in [4.69, 9.17) is 8.37 Å². The molecule has 0 bridgehead atoms. The summed E-state index contributed by atoms with van der Waals surface area (Å²) in [5, 5.41) is 0. The molecule has 5 heteroatoms. The SMILES string of the molecule is Cc1ccc(OS(=O)OC(C)(C)C(=O)c2ccc(C)cc2)cc1. The molecular formula is C18H20O4S. The van der Waals surface area contributed by atoms with Gasteiger partial charge in [0.25, 0.3) is 0 Å². The standard InChI is InChI=1S/C18H20O4S/c1-13-5-9-15(10-6-13)17(19)18(3,4)22-23(20)21-16-11-7-14(2)8-12-16/h5-12H,1-4H3. The first-order chi connectivity index (χ1) is 10.8. The fraction of sp³-hybridized carbons (Fsp3) is 0.278. The lowest BCUT2D eigenvalue weighted by molar-refractivity contribution is 0.0602. The van der Waals surface area contributed by atoms with Gasteiger partial charge in [-0.25, -0.2) is 4.18 Å². The smallest absolute Gasteiger partial charge is 0.361 e. The largest absolute Gasteiger partial charge is 0.380 e. The highest BCUT2D eigenvalue weighted by atomic mass is 32.2. The van der Waals surface area contributed by atoms with Crippen molar-refractivity contribution in [3.05, 3.63) is 65.2 Å². The van der Waals surface area contributed by atoms with E-state index in [2.05, 4.69) is 0 Å². The molecule has 0 aliphatic heterocycles. The second kappa shape index (κ2) is 7.06. The van der Waals surface area contributed by atoms with Crippen LogP contribution >= 0.6 is 0 Å². The molecule has 0 saturated heterocycles. The van der Waals surface area contributed by atoms with Crippen LogP contribution in [0, 0.1) is 13.8 Å². The lowest BCUT2D eigenvalue weighted by Gasteiger charge is -2.22. The summed E-state index contributed by atoms with van der Waals surface area (Å²) in [4.78, 5) is 12.5. The Balaban J connectivity index is 2.04.